The van der Waals surface area contributed by atoms with Gasteiger partial charge in [0.25, 0.3) is 10.0 Å². The lowest BCUT2D eigenvalue weighted by Gasteiger charge is -2.29. The van der Waals surface area contributed by atoms with Crippen LogP contribution in [0.5, 0.6) is 0 Å². The van der Waals surface area contributed by atoms with Crippen molar-refractivity contribution in [2.75, 3.05) is 13.6 Å². The van der Waals surface area contributed by atoms with Crippen molar-refractivity contribution >= 4 is 16.1 Å². The summed E-state index contributed by atoms with van der Waals surface area (Å²) in [5.74, 6) is 0. The van der Waals surface area contributed by atoms with Gasteiger partial charge < -0.3 is 0 Å². The van der Waals surface area contributed by atoms with Crippen LogP contribution in [0.4, 0.5) is 0 Å². The molecule has 0 aliphatic heterocycles. The summed E-state index contributed by atoms with van der Waals surface area (Å²) in [6.07, 6.45) is 2.93. The van der Waals surface area contributed by atoms with Gasteiger partial charge in [0.05, 0.1) is 6.04 Å². The average Bonchev–Trinajstić information content (AvgIpc) is 2.38. The monoisotopic (exact) mass is 297 g/mol. The molecule has 20 heavy (non-hydrogen) atoms. The smallest absolute Gasteiger partial charge is 0.243 e. The average molecular weight is 297 g/mol. The Labute approximate surface area is 119 Å². The highest BCUT2D eigenvalue weighted by Gasteiger charge is 2.30. The van der Waals surface area contributed by atoms with Gasteiger partial charge in [0, 0.05) is 19.8 Å². The molecule has 0 aromatic carbocycles. The highest BCUT2D eigenvalue weighted by atomic mass is 32.2. The number of likely N-dealkylation sites (N-methyl/N-ethyl adjacent to an activating group) is 1. The SMILES string of the molecule is CN(C[C@@H](N=C=O)C(C)(C)C)S(=O)(=O)c1ccccn1. The summed E-state index contributed by atoms with van der Waals surface area (Å²) in [6.45, 7) is 5.76. The van der Waals surface area contributed by atoms with E-state index in [1.807, 2.05) is 20.8 Å². The Morgan fingerprint density at radius 3 is 2.50 bits per heavy atom. The van der Waals surface area contributed by atoms with Crippen molar-refractivity contribution in [1.82, 2.24) is 9.29 Å². The molecule has 1 aromatic rings. The van der Waals surface area contributed by atoms with Crippen LogP contribution in [0.3, 0.4) is 0 Å². The Morgan fingerprint density at radius 2 is 2.05 bits per heavy atom. The van der Waals surface area contributed by atoms with Crippen LogP contribution in [0.1, 0.15) is 20.8 Å². The number of isocyanates is 1. The van der Waals surface area contributed by atoms with E-state index in [4.69, 9.17) is 0 Å². The maximum absolute atomic E-state index is 12.3. The highest BCUT2D eigenvalue weighted by molar-refractivity contribution is 7.89. The first-order chi connectivity index (χ1) is 9.19. The summed E-state index contributed by atoms with van der Waals surface area (Å²) in [4.78, 5) is 18.1. The van der Waals surface area contributed by atoms with Gasteiger partial charge in [-0.1, -0.05) is 26.8 Å². The van der Waals surface area contributed by atoms with Crippen LogP contribution in [0.2, 0.25) is 0 Å². The van der Waals surface area contributed by atoms with Crippen LogP contribution in [0.15, 0.2) is 34.4 Å². The second-order valence-electron chi connectivity index (χ2n) is 5.56. The standard InChI is InChI=1S/C13H19N3O3S/c1-13(2,3)11(15-10-17)9-16(4)20(18,19)12-7-5-6-8-14-12/h5-8,11H,9H2,1-4H3/t11-/m1/s1. The number of hydrogen-bond donors (Lipinski definition) is 0. The molecule has 1 heterocycles. The first kappa shape index (κ1) is 16.5. The molecule has 0 aliphatic rings. The molecule has 0 fully saturated rings. The van der Waals surface area contributed by atoms with E-state index in [0.29, 0.717) is 0 Å². The van der Waals surface area contributed by atoms with Crippen molar-refractivity contribution in [1.29, 1.82) is 0 Å². The quantitative estimate of drug-likeness (QED) is 0.608. The normalized spacial score (nSPS) is 13.8. The lowest BCUT2D eigenvalue weighted by atomic mass is 9.87. The van der Waals surface area contributed by atoms with Crippen molar-refractivity contribution in [3.8, 4) is 0 Å². The van der Waals surface area contributed by atoms with Gasteiger partial charge >= 0.3 is 0 Å². The van der Waals surface area contributed by atoms with E-state index in [1.165, 1.54) is 25.4 Å². The number of hydrogen-bond acceptors (Lipinski definition) is 5. The number of aromatic nitrogens is 1. The molecule has 0 aliphatic carbocycles. The minimum absolute atomic E-state index is 0.0229. The van der Waals surface area contributed by atoms with Crippen molar-refractivity contribution in [3.63, 3.8) is 0 Å². The minimum atomic E-state index is -3.68. The number of rotatable bonds is 5. The van der Waals surface area contributed by atoms with Crippen LogP contribution in [-0.2, 0) is 14.8 Å². The van der Waals surface area contributed by atoms with E-state index < -0.39 is 16.1 Å². The molecule has 0 bridgehead atoms. The number of carbonyl (C=O) groups excluding carboxylic acids is 1. The lowest BCUT2D eigenvalue weighted by molar-refractivity contribution is 0.280. The molecular formula is C13H19N3O3S. The molecule has 0 saturated carbocycles. The maximum Gasteiger partial charge on any atom is 0.260 e. The highest BCUT2D eigenvalue weighted by Crippen LogP contribution is 2.24. The Kier molecular flexibility index (Phi) is 5.16. The first-order valence-electron chi connectivity index (χ1n) is 6.14. The third kappa shape index (κ3) is 3.96. The Hall–Kier alpha value is -1.56. The summed E-state index contributed by atoms with van der Waals surface area (Å²) in [5.41, 5.74) is -0.342. The predicted octanol–water partition coefficient (Wildman–Crippen LogP) is 1.45. The van der Waals surface area contributed by atoms with Crippen LogP contribution < -0.4 is 0 Å². The van der Waals surface area contributed by atoms with Gasteiger partial charge in [-0.2, -0.15) is 4.31 Å². The van der Waals surface area contributed by atoms with E-state index in [2.05, 4.69) is 9.98 Å². The van der Waals surface area contributed by atoms with Gasteiger partial charge in [-0.05, 0) is 17.5 Å². The maximum atomic E-state index is 12.3. The topological polar surface area (TPSA) is 79.7 Å². The van der Waals surface area contributed by atoms with E-state index in [-0.39, 0.29) is 17.0 Å². The van der Waals surface area contributed by atoms with Crippen LogP contribution >= 0.6 is 0 Å². The Bertz CT molecular complexity index is 587. The van der Waals surface area contributed by atoms with Gasteiger partial charge in [0.2, 0.25) is 6.08 Å². The fourth-order valence-corrected chi connectivity index (χ4v) is 2.67. The molecular weight excluding hydrogens is 278 g/mol. The molecule has 0 spiro atoms. The fourth-order valence-electron chi connectivity index (χ4n) is 1.57. The molecule has 1 aromatic heterocycles. The van der Waals surface area contributed by atoms with Crippen molar-refractivity contribution in [2.45, 2.75) is 31.8 Å². The van der Waals surface area contributed by atoms with Gasteiger partial charge in [0.1, 0.15) is 0 Å². The van der Waals surface area contributed by atoms with Gasteiger partial charge in [0.15, 0.2) is 5.03 Å². The second-order valence-corrected chi connectivity index (χ2v) is 7.55. The molecule has 0 amide bonds. The molecule has 0 saturated heterocycles. The molecule has 110 valence electrons. The largest absolute Gasteiger partial charge is 0.260 e. The van der Waals surface area contributed by atoms with Crippen LogP contribution in [-0.4, -0.2) is 43.4 Å². The third-order valence-electron chi connectivity index (χ3n) is 2.95. The summed E-state index contributed by atoms with van der Waals surface area (Å²) in [7, 11) is -2.23. The molecule has 0 unspecified atom stereocenters. The first-order valence-corrected chi connectivity index (χ1v) is 7.58. The Morgan fingerprint density at radius 1 is 1.40 bits per heavy atom. The van der Waals surface area contributed by atoms with Crippen molar-refractivity contribution < 1.29 is 13.2 Å². The molecule has 7 heteroatoms. The van der Waals surface area contributed by atoms with E-state index >= 15 is 0 Å². The summed E-state index contributed by atoms with van der Waals surface area (Å²) < 4.78 is 25.8. The number of pyridine rings is 1. The number of sulfonamides is 1. The van der Waals surface area contributed by atoms with E-state index in [1.54, 1.807) is 12.1 Å². The zero-order valence-corrected chi connectivity index (χ0v) is 12.9. The minimum Gasteiger partial charge on any atom is -0.243 e. The molecule has 1 atom stereocenters. The van der Waals surface area contributed by atoms with Crippen molar-refractivity contribution in [3.05, 3.63) is 24.4 Å². The molecule has 6 nitrogen and oxygen atoms in total. The third-order valence-corrected chi connectivity index (χ3v) is 4.69. The fraction of sp³-hybridized carbons (Fsp3) is 0.538. The van der Waals surface area contributed by atoms with Gasteiger partial charge in [-0.15, -0.1) is 0 Å². The van der Waals surface area contributed by atoms with Crippen molar-refractivity contribution in [2.24, 2.45) is 10.4 Å². The lowest BCUT2D eigenvalue weighted by Crippen LogP contribution is -2.39. The van der Waals surface area contributed by atoms with E-state index in [9.17, 15) is 13.2 Å². The van der Waals surface area contributed by atoms with Crippen LogP contribution in [0.25, 0.3) is 0 Å². The van der Waals surface area contributed by atoms with Gasteiger partial charge in [-0.25, -0.2) is 23.2 Å². The molecule has 1 rings (SSSR count). The van der Waals surface area contributed by atoms with Gasteiger partial charge in [-0.3, -0.25) is 0 Å². The number of aliphatic imine (C=N–C) groups is 1. The predicted molar refractivity (Wildman–Crippen MR) is 75.4 cm³/mol. The second kappa shape index (κ2) is 6.26. The molecule has 0 N–H and O–H groups in total. The summed E-state index contributed by atoms with van der Waals surface area (Å²) in [5, 5.41) is -0.0229. The van der Waals surface area contributed by atoms with E-state index in [0.717, 1.165) is 4.31 Å². The summed E-state index contributed by atoms with van der Waals surface area (Å²) in [6, 6.07) is 4.22. The summed E-state index contributed by atoms with van der Waals surface area (Å²) >= 11 is 0. The number of nitrogens with zero attached hydrogens (tertiary/aromatic N) is 3. The zero-order chi connectivity index (χ0) is 15.4. The molecule has 0 radical (unpaired) electrons. The zero-order valence-electron chi connectivity index (χ0n) is 12.1. The van der Waals surface area contributed by atoms with Crippen LogP contribution in [0, 0.1) is 5.41 Å². The Balaban J connectivity index is 3.00.